The zero-order valence-electron chi connectivity index (χ0n) is 9.66. The summed E-state index contributed by atoms with van der Waals surface area (Å²) < 4.78 is 6.15. The third-order valence-corrected chi connectivity index (χ3v) is 3.96. The SMILES string of the molecule is COc1ccc(C(Cl)c2ccc(Br)cc2)cc1Cl. The second kappa shape index (κ2) is 5.96. The van der Waals surface area contributed by atoms with E-state index in [2.05, 4.69) is 15.9 Å². The van der Waals surface area contributed by atoms with Crippen LogP contribution in [-0.4, -0.2) is 7.11 Å². The van der Waals surface area contributed by atoms with Crippen molar-refractivity contribution < 1.29 is 4.74 Å². The Balaban J connectivity index is 2.31. The summed E-state index contributed by atoms with van der Waals surface area (Å²) >= 11 is 15.9. The molecule has 1 nitrogen and oxygen atoms in total. The quantitative estimate of drug-likeness (QED) is 0.673. The Morgan fingerprint density at radius 2 is 1.67 bits per heavy atom. The van der Waals surface area contributed by atoms with Crippen LogP contribution in [0.1, 0.15) is 16.5 Å². The standard InChI is InChI=1S/C14H11BrCl2O/c1-18-13-7-4-10(8-12(13)16)14(17)9-2-5-11(15)6-3-9/h2-8,14H,1H3. The fourth-order valence-corrected chi connectivity index (χ4v) is 2.48. The van der Waals surface area contributed by atoms with E-state index in [0.29, 0.717) is 10.8 Å². The van der Waals surface area contributed by atoms with Gasteiger partial charge in [0.05, 0.1) is 17.5 Å². The van der Waals surface area contributed by atoms with Crippen molar-refractivity contribution in [2.45, 2.75) is 5.38 Å². The molecule has 2 rings (SSSR count). The lowest BCUT2D eigenvalue weighted by Crippen LogP contribution is -1.94. The van der Waals surface area contributed by atoms with Crippen molar-refractivity contribution in [1.82, 2.24) is 0 Å². The molecule has 0 aliphatic heterocycles. The van der Waals surface area contributed by atoms with Crippen LogP contribution in [0.15, 0.2) is 46.9 Å². The lowest BCUT2D eigenvalue weighted by atomic mass is 10.0. The minimum atomic E-state index is -0.221. The van der Waals surface area contributed by atoms with Gasteiger partial charge in [-0.25, -0.2) is 0 Å². The third-order valence-electron chi connectivity index (χ3n) is 2.63. The fraction of sp³-hybridized carbons (Fsp3) is 0.143. The molecule has 2 aromatic rings. The summed E-state index contributed by atoms with van der Waals surface area (Å²) in [6.45, 7) is 0. The number of ether oxygens (including phenoxy) is 1. The normalized spacial score (nSPS) is 12.2. The first-order valence-corrected chi connectivity index (χ1v) is 6.95. The molecule has 0 N–H and O–H groups in total. The zero-order chi connectivity index (χ0) is 13.1. The van der Waals surface area contributed by atoms with Crippen LogP contribution < -0.4 is 4.74 Å². The van der Waals surface area contributed by atoms with Crippen molar-refractivity contribution in [3.05, 3.63) is 63.1 Å². The van der Waals surface area contributed by atoms with Crippen molar-refractivity contribution >= 4 is 39.1 Å². The average molecular weight is 346 g/mol. The van der Waals surface area contributed by atoms with Gasteiger partial charge >= 0.3 is 0 Å². The van der Waals surface area contributed by atoms with Crippen molar-refractivity contribution in [3.63, 3.8) is 0 Å². The van der Waals surface area contributed by atoms with E-state index in [4.69, 9.17) is 27.9 Å². The predicted molar refractivity (Wildman–Crippen MR) is 79.8 cm³/mol. The summed E-state index contributed by atoms with van der Waals surface area (Å²) in [6.07, 6.45) is 0. The Labute approximate surface area is 125 Å². The zero-order valence-corrected chi connectivity index (χ0v) is 12.8. The molecule has 0 aliphatic carbocycles. The van der Waals surface area contributed by atoms with Crippen LogP contribution in [0.25, 0.3) is 0 Å². The molecule has 4 heteroatoms. The summed E-state index contributed by atoms with van der Waals surface area (Å²) in [6, 6.07) is 13.5. The fourth-order valence-electron chi connectivity index (χ4n) is 1.66. The first-order valence-electron chi connectivity index (χ1n) is 5.35. The lowest BCUT2D eigenvalue weighted by Gasteiger charge is -2.12. The van der Waals surface area contributed by atoms with Crippen LogP contribution in [-0.2, 0) is 0 Å². The molecule has 0 fully saturated rings. The largest absolute Gasteiger partial charge is 0.495 e. The maximum Gasteiger partial charge on any atom is 0.137 e. The molecule has 2 aromatic carbocycles. The van der Waals surface area contributed by atoms with Gasteiger partial charge in [0.2, 0.25) is 0 Å². The van der Waals surface area contributed by atoms with E-state index in [1.807, 2.05) is 42.5 Å². The Hall–Kier alpha value is -0.700. The highest BCUT2D eigenvalue weighted by atomic mass is 79.9. The van der Waals surface area contributed by atoms with Crippen LogP contribution in [0.3, 0.4) is 0 Å². The van der Waals surface area contributed by atoms with Gasteiger partial charge in [-0.15, -0.1) is 11.6 Å². The lowest BCUT2D eigenvalue weighted by molar-refractivity contribution is 0.415. The van der Waals surface area contributed by atoms with Crippen LogP contribution in [0.2, 0.25) is 5.02 Å². The highest BCUT2D eigenvalue weighted by Crippen LogP contribution is 2.34. The van der Waals surface area contributed by atoms with Crippen molar-refractivity contribution in [2.75, 3.05) is 7.11 Å². The van der Waals surface area contributed by atoms with E-state index >= 15 is 0 Å². The molecule has 0 aliphatic rings. The van der Waals surface area contributed by atoms with Crippen molar-refractivity contribution in [3.8, 4) is 5.75 Å². The molecule has 0 bridgehead atoms. The Morgan fingerprint density at radius 1 is 1.06 bits per heavy atom. The number of hydrogen-bond donors (Lipinski definition) is 0. The van der Waals surface area contributed by atoms with Crippen molar-refractivity contribution in [1.29, 1.82) is 0 Å². The predicted octanol–water partition coefficient (Wildman–Crippen LogP) is 5.44. The molecule has 0 amide bonds. The molecule has 18 heavy (non-hydrogen) atoms. The number of rotatable bonds is 3. The monoisotopic (exact) mass is 344 g/mol. The maximum absolute atomic E-state index is 6.44. The molecule has 0 heterocycles. The molecule has 0 spiro atoms. The van der Waals surface area contributed by atoms with Gasteiger partial charge in [-0.05, 0) is 35.4 Å². The number of hydrogen-bond acceptors (Lipinski definition) is 1. The minimum Gasteiger partial charge on any atom is -0.495 e. The summed E-state index contributed by atoms with van der Waals surface area (Å²) in [4.78, 5) is 0. The highest BCUT2D eigenvalue weighted by molar-refractivity contribution is 9.10. The van der Waals surface area contributed by atoms with Gasteiger partial charge in [0.1, 0.15) is 5.75 Å². The summed E-state index contributed by atoms with van der Waals surface area (Å²) in [5.74, 6) is 0.653. The first-order chi connectivity index (χ1) is 8.61. The molecule has 0 saturated carbocycles. The van der Waals surface area contributed by atoms with E-state index in [1.54, 1.807) is 7.11 Å². The van der Waals surface area contributed by atoms with E-state index < -0.39 is 0 Å². The van der Waals surface area contributed by atoms with Gasteiger partial charge in [-0.3, -0.25) is 0 Å². The average Bonchev–Trinajstić information content (AvgIpc) is 2.38. The summed E-state index contributed by atoms with van der Waals surface area (Å²) in [5.41, 5.74) is 1.98. The highest BCUT2D eigenvalue weighted by Gasteiger charge is 2.12. The molecule has 1 atom stereocenters. The molecule has 0 radical (unpaired) electrons. The van der Waals surface area contributed by atoms with Gasteiger partial charge < -0.3 is 4.74 Å². The van der Waals surface area contributed by atoms with E-state index in [-0.39, 0.29) is 5.38 Å². The van der Waals surface area contributed by atoms with E-state index in [9.17, 15) is 0 Å². The second-order valence-corrected chi connectivity index (χ2v) is 5.57. The molecular formula is C14H11BrCl2O. The van der Waals surface area contributed by atoms with Crippen LogP contribution in [0.4, 0.5) is 0 Å². The molecule has 1 unspecified atom stereocenters. The molecule has 0 saturated heterocycles. The number of halogens is 3. The van der Waals surface area contributed by atoms with Gasteiger partial charge in [0.15, 0.2) is 0 Å². The van der Waals surface area contributed by atoms with E-state index in [1.165, 1.54) is 0 Å². The number of benzene rings is 2. The maximum atomic E-state index is 6.44. The topological polar surface area (TPSA) is 9.23 Å². The Kier molecular flexibility index (Phi) is 4.55. The second-order valence-electron chi connectivity index (χ2n) is 3.81. The first kappa shape index (κ1) is 13.7. The molecule has 94 valence electrons. The molecular weight excluding hydrogens is 335 g/mol. The van der Waals surface area contributed by atoms with Crippen LogP contribution in [0, 0.1) is 0 Å². The van der Waals surface area contributed by atoms with Crippen LogP contribution >= 0.6 is 39.1 Å². The van der Waals surface area contributed by atoms with Crippen LogP contribution in [0.5, 0.6) is 5.75 Å². The van der Waals surface area contributed by atoms with Gasteiger partial charge in [0.25, 0.3) is 0 Å². The number of alkyl halides is 1. The van der Waals surface area contributed by atoms with E-state index in [0.717, 1.165) is 15.6 Å². The van der Waals surface area contributed by atoms with Gasteiger partial charge in [0, 0.05) is 4.47 Å². The third kappa shape index (κ3) is 3.00. The van der Waals surface area contributed by atoms with Gasteiger partial charge in [-0.2, -0.15) is 0 Å². The molecule has 0 aromatic heterocycles. The smallest absolute Gasteiger partial charge is 0.137 e. The summed E-state index contributed by atoms with van der Waals surface area (Å²) in [7, 11) is 1.59. The Morgan fingerprint density at radius 3 is 2.22 bits per heavy atom. The van der Waals surface area contributed by atoms with Gasteiger partial charge in [-0.1, -0.05) is 45.7 Å². The van der Waals surface area contributed by atoms with Crippen molar-refractivity contribution in [2.24, 2.45) is 0 Å². The number of methoxy groups -OCH3 is 1. The summed E-state index contributed by atoms with van der Waals surface area (Å²) in [5, 5.41) is 0.347. The minimum absolute atomic E-state index is 0.221. The Bertz CT molecular complexity index is 540.